The fourth-order valence-corrected chi connectivity index (χ4v) is 2.06. The van der Waals surface area contributed by atoms with Gasteiger partial charge in [-0.15, -0.1) is 0 Å². The van der Waals surface area contributed by atoms with Gasteiger partial charge in [0.2, 0.25) is 0 Å². The molecule has 2 aromatic carbocycles. The largest absolute Gasteiger partial charge is 0.482 e. The molecule has 0 saturated carbocycles. The Kier molecular flexibility index (Phi) is 4.30. The summed E-state index contributed by atoms with van der Waals surface area (Å²) >= 11 is 5.76. The van der Waals surface area contributed by atoms with Crippen LogP contribution in [0.25, 0.3) is 11.0 Å². The van der Waals surface area contributed by atoms with E-state index in [1.165, 1.54) is 12.1 Å². The molecule has 3 aromatic rings. The third-order valence-electron chi connectivity index (χ3n) is 3.00. The molecule has 0 aliphatic rings. The molecule has 0 N–H and O–H groups in total. The topological polar surface area (TPSA) is 65.7 Å². The first-order valence-electron chi connectivity index (χ1n) is 6.73. The summed E-state index contributed by atoms with van der Waals surface area (Å²) in [6, 6.07) is 14.4. The maximum atomic E-state index is 11.8. The van der Waals surface area contributed by atoms with Gasteiger partial charge in [-0.1, -0.05) is 11.6 Å². The molecule has 116 valence electrons. The minimum Gasteiger partial charge on any atom is -0.482 e. The first-order valence-corrected chi connectivity index (χ1v) is 7.11. The molecule has 0 aliphatic heterocycles. The van der Waals surface area contributed by atoms with Gasteiger partial charge >= 0.3 is 11.6 Å². The van der Waals surface area contributed by atoms with Crippen LogP contribution >= 0.6 is 11.6 Å². The van der Waals surface area contributed by atoms with E-state index < -0.39 is 11.6 Å². The van der Waals surface area contributed by atoms with Crippen LogP contribution in [0.5, 0.6) is 11.5 Å². The maximum absolute atomic E-state index is 11.8. The second kappa shape index (κ2) is 6.54. The van der Waals surface area contributed by atoms with Gasteiger partial charge in [-0.05, 0) is 42.5 Å². The molecule has 5 nitrogen and oxygen atoms in total. The molecule has 0 radical (unpaired) electrons. The van der Waals surface area contributed by atoms with Gasteiger partial charge in [0, 0.05) is 22.5 Å². The van der Waals surface area contributed by atoms with Crippen molar-refractivity contribution in [1.82, 2.24) is 0 Å². The van der Waals surface area contributed by atoms with Crippen molar-refractivity contribution in [2.24, 2.45) is 0 Å². The zero-order valence-corrected chi connectivity index (χ0v) is 12.6. The van der Waals surface area contributed by atoms with Gasteiger partial charge in [0.1, 0.15) is 17.1 Å². The highest BCUT2D eigenvalue weighted by molar-refractivity contribution is 6.30. The van der Waals surface area contributed by atoms with E-state index in [0.29, 0.717) is 16.4 Å². The molecule has 1 heterocycles. The van der Waals surface area contributed by atoms with Gasteiger partial charge < -0.3 is 13.9 Å². The van der Waals surface area contributed by atoms with Gasteiger partial charge in [-0.3, -0.25) is 0 Å². The van der Waals surface area contributed by atoms with Crippen LogP contribution in [-0.2, 0) is 4.79 Å². The molecule has 0 unspecified atom stereocenters. The van der Waals surface area contributed by atoms with Crippen LogP contribution in [0.1, 0.15) is 0 Å². The average molecular weight is 331 g/mol. The number of carbonyl (C=O) groups excluding carboxylic acids is 1. The first kappa shape index (κ1) is 15.1. The normalized spacial score (nSPS) is 10.5. The van der Waals surface area contributed by atoms with Crippen molar-refractivity contribution in [3.63, 3.8) is 0 Å². The van der Waals surface area contributed by atoms with Gasteiger partial charge in [0.15, 0.2) is 6.61 Å². The van der Waals surface area contributed by atoms with E-state index in [0.717, 1.165) is 5.39 Å². The van der Waals surface area contributed by atoms with Crippen molar-refractivity contribution < 1.29 is 18.7 Å². The Morgan fingerprint density at radius 1 is 1.00 bits per heavy atom. The fourth-order valence-electron chi connectivity index (χ4n) is 1.94. The third kappa shape index (κ3) is 3.90. The van der Waals surface area contributed by atoms with Crippen molar-refractivity contribution in [3.8, 4) is 11.5 Å². The lowest BCUT2D eigenvalue weighted by Gasteiger charge is -2.07. The van der Waals surface area contributed by atoms with Crippen molar-refractivity contribution in [2.45, 2.75) is 0 Å². The quantitative estimate of drug-likeness (QED) is 0.416. The minimum atomic E-state index is -0.572. The Bertz CT molecular complexity index is 899. The summed E-state index contributed by atoms with van der Waals surface area (Å²) in [5, 5.41) is 1.32. The highest BCUT2D eigenvalue weighted by Crippen LogP contribution is 2.20. The van der Waals surface area contributed by atoms with Crippen LogP contribution < -0.4 is 15.1 Å². The van der Waals surface area contributed by atoms with Gasteiger partial charge in [0.05, 0.1) is 0 Å². The van der Waals surface area contributed by atoms with E-state index in [-0.39, 0.29) is 12.4 Å². The number of rotatable bonds is 4. The number of ether oxygens (including phenoxy) is 2. The van der Waals surface area contributed by atoms with E-state index in [2.05, 4.69) is 0 Å². The zero-order chi connectivity index (χ0) is 16.2. The van der Waals surface area contributed by atoms with Gasteiger partial charge in [0.25, 0.3) is 0 Å². The van der Waals surface area contributed by atoms with Crippen LogP contribution in [0, 0.1) is 0 Å². The molecule has 0 amide bonds. The van der Waals surface area contributed by atoms with E-state index in [1.807, 2.05) is 0 Å². The second-order valence-corrected chi connectivity index (χ2v) is 5.11. The number of hydrogen-bond acceptors (Lipinski definition) is 5. The van der Waals surface area contributed by atoms with Crippen LogP contribution in [0.15, 0.2) is 63.8 Å². The summed E-state index contributed by atoms with van der Waals surface area (Å²) in [6.45, 7) is -0.252. The summed E-state index contributed by atoms with van der Waals surface area (Å²) in [4.78, 5) is 23.0. The van der Waals surface area contributed by atoms with Crippen molar-refractivity contribution in [2.75, 3.05) is 6.61 Å². The Morgan fingerprint density at radius 2 is 1.70 bits per heavy atom. The maximum Gasteiger partial charge on any atom is 0.349 e. The monoisotopic (exact) mass is 330 g/mol. The number of carbonyl (C=O) groups is 1. The molecular formula is C17H11ClO5. The van der Waals surface area contributed by atoms with Crippen molar-refractivity contribution in [3.05, 3.63) is 70.0 Å². The highest BCUT2D eigenvalue weighted by Gasteiger charge is 2.08. The Labute approximate surface area is 136 Å². The van der Waals surface area contributed by atoms with Gasteiger partial charge in [-0.2, -0.15) is 0 Å². The predicted molar refractivity (Wildman–Crippen MR) is 85.1 cm³/mol. The van der Waals surface area contributed by atoms with Gasteiger partial charge in [-0.25, -0.2) is 9.59 Å². The van der Waals surface area contributed by atoms with E-state index in [9.17, 15) is 9.59 Å². The van der Waals surface area contributed by atoms with E-state index in [1.54, 1.807) is 42.5 Å². The number of hydrogen-bond donors (Lipinski definition) is 0. The molecular weight excluding hydrogens is 320 g/mol. The Hall–Kier alpha value is -2.79. The second-order valence-electron chi connectivity index (χ2n) is 4.67. The molecule has 6 heteroatoms. The van der Waals surface area contributed by atoms with Crippen LogP contribution in [0.3, 0.4) is 0 Å². The van der Waals surface area contributed by atoms with Crippen LogP contribution in [-0.4, -0.2) is 12.6 Å². The smallest absolute Gasteiger partial charge is 0.349 e. The molecule has 0 aliphatic carbocycles. The lowest BCUT2D eigenvalue weighted by atomic mass is 10.2. The lowest BCUT2D eigenvalue weighted by molar-refractivity contribution is -0.136. The summed E-state index contributed by atoms with van der Waals surface area (Å²) in [7, 11) is 0. The van der Waals surface area contributed by atoms with Crippen LogP contribution in [0.4, 0.5) is 0 Å². The third-order valence-corrected chi connectivity index (χ3v) is 3.25. The molecule has 0 spiro atoms. The first-order chi connectivity index (χ1) is 11.1. The minimum absolute atomic E-state index is 0.252. The summed E-state index contributed by atoms with van der Waals surface area (Å²) in [5.41, 5.74) is -0.117. The summed E-state index contributed by atoms with van der Waals surface area (Å²) in [5.74, 6) is 0.213. The molecule has 0 saturated heterocycles. The van der Waals surface area contributed by atoms with Crippen molar-refractivity contribution in [1.29, 1.82) is 0 Å². The predicted octanol–water partition coefficient (Wildman–Crippen LogP) is 3.43. The van der Waals surface area contributed by atoms with Crippen LogP contribution in [0.2, 0.25) is 5.02 Å². The van der Waals surface area contributed by atoms with Crippen molar-refractivity contribution >= 4 is 28.5 Å². The number of halogens is 1. The molecule has 3 rings (SSSR count). The Morgan fingerprint density at radius 3 is 2.48 bits per heavy atom. The molecule has 1 aromatic heterocycles. The van der Waals surface area contributed by atoms with E-state index in [4.69, 9.17) is 25.5 Å². The van der Waals surface area contributed by atoms with E-state index >= 15 is 0 Å². The molecule has 0 bridgehead atoms. The molecule has 23 heavy (non-hydrogen) atoms. The summed E-state index contributed by atoms with van der Waals surface area (Å²) < 4.78 is 15.5. The standard InChI is InChI=1S/C17H11ClO5/c18-12-3-6-13(7-4-12)21-10-17(20)22-14-5-1-11-2-8-16(19)23-15(11)9-14/h1-9H,10H2. The lowest BCUT2D eigenvalue weighted by Crippen LogP contribution is -2.17. The summed E-state index contributed by atoms with van der Waals surface area (Å²) in [6.07, 6.45) is 0. The number of benzene rings is 2. The SMILES string of the molecule is O=C(COc1ccc(Cl)cc1)Oc1ccc2ccc(=O)oc2c1. The highest BCUT2D eigenvalue weighted by atomic mass is 35.5. The average Bonchev–Trinajstić information content (AvgIpc) is 2.54. The Balaban J connectivity index is 1.65. The molecule has 0 atom stereocenters. The number of fused-ring (bicyclic) bond motifs is 1. The molecule has 0 fully saturated rings. The zero-order valence-electron chi connectivity index (χ0n) is 11.8. The number of esters is 1. The fraction of sp³-hybridized carbons (Fsp3) is 0.0588.